The minimum atomic E-state index is -0.314. The van der Waals surface area contributed by atoms with Gasteiger partial charge in [-0.05, 0) is 80.1 Å². The van der Waals surface area contributed by atoms with Crippen molar-refractivity contribution in [1.82, 2.24) is 9.99 Å². The molecule has 0 aliphatic carbocycles. The zero-order valence-corrected chi connectivity index (χ0v) is 20.3. The minimum absolute atomic E-state index is 0.314. The van der Waals surface area contributed by atoms with Gasteiger partial charge in [-0.1, -0.05) is 0 Å². The van der Waals surface area contributed by atoms with Crippen LogP contribution in [0, 0.1) is 42.6 Å². The van der Waals surface area contributed by atoms with Crippen molar-refractivity contribution in [2.75, 3.05) is 7.11 Å². The number of ether oxygens (including phenoxy) is 1. The number of methoxy groups -OCH3 is 1. The molecule has 8 heteroatoms. The molecule has 0 aliphatic heterocycles. The van der Waals surface area contributed by atoms with E-state index < -0.39 is 0 Å². The van der Waals surface area contributed by atoms with Crippen LogP contribution >= 0.6 is 33.9 Å². The van der Waals surface area contributed by atoms with Crippen LogP contribution in [0.1, 0.15) is 43.3 Å². The second kappa shape index (κ2) is 9.02. The van der Waals surface area contributed by atoms with Crippen molar-refractivity contribution >= 4 is 46.0 Å². The Morgan fingerprint density at radius 2 is 2.03 bits per heavy atom. The fourth-order valence-electron chi connectivity index (χ4n) is 3.16. The van der Waals surface area contributed by atoms with E-state index in [1.165, 1.54) is 0 Å². The number of nitriles is 1. The van der Waals surface area contributed by atoms with Crippen molar-refractivity contribution in [2.45, 2.75) is 27.7 Å². The molecule has 0 bridgehead atoms. The Morgan fingerprint density at radius 1 is 1.30 bits per heavy atom. The van der Waals surface area contributed by atoms with Crippen molar-refractivity contribution in [3.05, 3.63) is 66.4 Å². The molecule has 1 amide bonds. The number of hydrogen-bond donors (Lipinski definition) is 1. The van der Waals surface area contributed by atoms with E-state index in [4.69, 9.17) is 4.74 Å². The molecule has 0 aliphatic rings. The lowest BCUT2D eigenvalue weighted by Crippen LogP contribution is -2.17. The number of amides is 1. The largest absolute Gasteiger partial charge is 0.496 e. The summed E-state index contributed by atoms with van der Waals surface area (Å²) in [6, 6.07) is 9.55. The molecule has 1 aromatic carbocycles. The molecule has 2 heterocycles. The molecular weight excluding hydrogens is 511 g/mol. The van der Waals surface area contributed by atoms with Gasteiger partial charge in [0.1, 0.15) is 16.8 Å². The zero-order chi connectivity index (χ0) is 22.0. The molecule has 0 spiro atoms. The number of hydrazone groups is 1. The summed E-state index contributed by atoms with van der Waals surface area (Å²) in [5, 5.41) is 14.6. The van der Waals surface area contributed by atoms with E-state index in [-0.39, 0.29) is 5.91 Å². The molecule has 154 valence electrons. The first-order valence-corrected chi connectivity index (χ1v) is 11.0. The van der Waals surface area contributed by atoms with Gasteiger partial charge in [0, 0.05) is 27.4 Å². The second-order valence-electron chi connectivity index (χ2n) is 6.79. The number of halogens is 1. The average Bonchev–Trinajstić information content (AvgIpc) is 3.16. The Morgan fingerprint density at radius 3 is 2.70 bits per heavy atom. The highest BCUT2D eigenvalue weighted by molar-refractivity contribution is 14.1. The van der Waals surface area contributed by atoms with E-state index in [0.29, 0.717) is 16.9 Å². The number of aryl methyl sites for hydroxylation is 2. The van der Waals surface area contributed by atoms with Gasteiger partial charge in [0.05, 0.1) is 22.5 Å². The number of benzene rings is 1. The van der Waals surface area contributed by atoms with Gasteiger partial charge < -0.3 is 9.30 Å². The summed E-state index contributed by atoms with van der Waals surface area (Å²) in [6.45, 7) is 7.97. The van der Waals surface area contributed by atoms with E-state index in [1.54, 1.807) is 36.8 Å². The topological polar surface area (TPSA) is 79.4 Å². The summed E-state index contributed by atoms with van der Waals surface area (Å²) in [7, 11) is 1.57. The normalized spacial score (nSPS) is 11.0. The van der Waals surface area contributed by atoms with E-state index in [0.717, 1.165) is 36.0 Å². The number of nitrogens with one attached hydrogen (secondary N) is 1. The van der Waals surface area contributed by atoms with Crippen molar-refractivity contribution < 1.29 is 9.53 Å². The van der Waals surface area contributed by atoms with Crippen LogP contribution in [0.2, 0.25) is 0 Å². The van der Waals surface area contributed by atoms with Crippen molar-refractivity contribution in [2.24, 2.45) is 5.10 Å². The molecule has 0 atom stereocenters. The average molecular weight is 532 g/mol. The number of carbonyl (C=O) groups excluding carboxylic acids is 1. The number of nitrogens with zero attached hydrogens (tertiary/aromatic N) is 3. The molecule has 3 rings (SSSR count). The quantitative estimate of drug-likeness (QED) is 0.285. The summed E-state index contributed by atoms with van der Waals surface area (Å²) in [5.74, 6) is 0.330. The van der Waals surface area contributed by atoms with Gasteiger partial charge in [-0.3, -0.25) is 4.79 Å². The predicted molar refractivity (Wildman–Crippen MR) is 128 cm³/mol. The van der Waals surface area contributed by atoms with Crippen molar-refractivity contribution in [3.8, 4) is 16.8 Å². The Labute approximate surface area is 193 Å². The van der Waals surface area contributed by atoms with Gasteiger partial charge in [0.15, 0.2) is 0 Å². The molecule has 0 fully saturated rings. The molecule has 6 nitrogen and oxygen atoms in total. The second-order valence-corrected chi connectivity index (χ2v) is 9.15. The van der Waals surface area contributed by atoms with Gasteiger partial charge in [0.25, 0.3) is 5.91 Å². The molecule has 1 N–H and O–H groups in total. The Kier molecular flexibility index (Phi) is 6.63. The smallest absolute Gasteiger partial charge is 0.271 e. The highest BCUT2D eigenvalue weighted by atomic mass is 127. The first-order chi connectivity index (χ1) is 14.3. The van der Waals surface area contributed by atoms with Gasteiger partial charge in [-0.25, -0.2) is 5.43 Å². The van der Waals surface area contributed by atoms with E-state index in [9.17, 15) is 10.1 Å². The summed E-state index contributed by atoms with van der Waals surface area (Å²) in [6.07, 6.45) is 1.63. The molecule has 0 saturated heterocycles. The lowest BCUT2D eigenvalue weighted by Gasteiger charge is -2.07. The summed E-state index contributed by atoms with van der Waals surface area (Å²) in [4.78, 5) is 13.5. The lowest BCUT2D eigenvalue weighted by atomic mass is 10.2. The first-order valence-electron chi connectivity index (χ1n) is 9.14. The standard InChI is InChI=1S/C22H21IN4O2S/c1-12-8-17(14(3)27(12)22-18(10-24)13(2)15(4)30-22)11-25-26-21(28)16-6-7-19(23)20(9-16)29-5/h6-9,11H,1-5H3,(H,26,28). The summed E-state index contributed by atoms with van der Waals surface area (Å²) >= 11 is 3.76. The van der Waals surface area contributed by atoms with Crippen molar-refractivity contribution in [3.63, 3.8) is 0 Å². The van der Waals surface area contributed by atoms with Crippen LogP contribution in [-0.4, -0.2) is 23.8 Å². The maximum Gasteiger partial charge on any atom is 0.271 e. The number of aromatic nitrogens is 1. The van der Waals surface area contributed by atoms with Gasteiger partial charge >= 0.3 is 0 Å². The number of carbonyl (C=O) groups is 1. The molecule has 0 saturated carbocycles. The van der Waals surface area contributed by atoms with Crippen LogP contribution in [0.25, 0.3) is 5.00 Å². The van der Waals surface area contributed by atoms with Gasteiger partial charge in [0.2, 0.25) is 0 Å². The fourth-order valence-corrected chi connectivity index (χ4v) is 4.93. The Hall–Kier alpha value is -2.64. The highest BCUT2D eigenvalue weighted by Crippen LogP contribution is 2.33. The molecule has 0 unspecified atom stereocenters. The zero-order valence-electron chi connectivity index (χ0n) is 17.3. The summed E-state index contributed by atoms with van der Waals surface area (Å²) < 4.78 is 8.26. The predicted octanol–water partition coefficient (Wildman–Crippen LogP) is 5.02. The molecule has 3 aromatic rings. The molecule has 2 aromatic heterocycles. The first kappa shape index (κ1) is 22.1. The fraction of sp³-hybridized carbons (Fsp3) is 0.227. The highest BCUT2D eigenvalue weighted by Gasteiger charge is 2.18. The summed E-state index contributed by atoms with van der Waals surface area (Å²) in [5.41, 5.74) is 7.58. The third kappa shape index (κ3) is 4.13. The minimum Gasteiger partial charge on any atom is -0.496 e. The SMILES string of the molecule is COc1cc(C(=O)NN=Cc2cc(C)n(-c3sc(C)c(C)c3C#N)c2C)ccc1I. The Balaban J connectivity index is 1.84. The monoisotopic (exact) mass is 532 g/mol. The number of hydrogen-bond acceptors (Lipinski definition) is 5. The van der Waals surface area contributed by atoms with Crippen LogP contribution in [-0.2, 0) is 0 Å². The van der Waals surface area contributed by atoms with E-state index in [2.05, 4.69) is 43.8 Å². The third-order valence-corrected chi connectivity index (χ3v) is 7.02. The van der Waals surface area contributed by atoms with Crippen LogP contribution in [0.15, 0.2) is 29.4 Å². The van der Waals surface area contributed by atoms with Crippen LogP contribution in [0.4, 0.5) is 0 Å². The molecular formula is C22H21IN4O2S. The number of thiophene rings is 1. The Bertz CT molecular complexity index is 1200. The number of rotatable bonds is 5. The third-order valence-electron chi connectivity index (χ3n) is 4.93. The lowest BCUT2D eigenvalue weighted by molar-refractivity contribution is 0.0954. The molecule has 0 radical (unpaired) electrons. The van der Waals surface area contributed by atoms with Gasteiger partial charge in [-0.2, -0.15) is 10.4 Å². The maximum atomic E-state index is 12.4. The van der Waals surface area contributed by atoms with Crippen LogP contribution < -0.4 is 10.2 Å². The molecule has 30 heavy (non-hydrogen) atoms. The maximum absolute atomic E-state index is 12.4. The van der Waals surface area contributed by atoms with E-state index in [1.807, 2.05) is 39.8 Å². The van der Waals surface area contributed by atoms with Gasteiger partial charge in [-0.15, -0.1) is 11.3 Å². The van der Waals surface area contributed by atoms with Crippen LogP contribution in [0.3, 0.4) is 0 Å². The van der Waals surface area contributed by atoms with Crippen LogP contribution in [0.5, 0.6) is 5.75 Å². The van der Waals surface area contributed by atoms with E-state index >= 15 is 0 Å². The van der Waals surface area contributed by atoms with Crippen molar-refractivity contribution in [1.29, 1.82) is 5.26 Å².